The van der Waals surface area contributed by atoms with Crippen molar-refractivity contribution in [1.82, 2.24) is 5.32 Å². The molecule has 1 aromatic rings. The molecular weight excluding hydrogens is 307 g/mol. The topological polar surface area (TPSA) is 30.5 Å². The van der Waals surface area contributed by atoms with Gasteiger partial charge in [-0.05, 0) is 31.2 Å². The summed E-state index contributed by atoms with van der Waals surface area (Å²) in [5, 5.41) is 3.81. The standard InChI is InChI=1S/C14H19ClF3NO2/c1-2-5-19-9-11-8-12(15)3-4-13(11)21-7-6-20-10-14(16,17)18/h3-4,8,19H,2,5-7,9-10H2,1H3. The highest BCUT2D eigenvalue weighted by Crippen LogP contribution is 2.23. The summed E-state index contributed by atoms with van der Waals surface area (Å²) < 4.78 is 45.6. The Kier molecular flexibility index (Phi) is 7.85. The van der Waals surface area contributed by atoms with Crippen molar-refractivity contribution in [2.24, 2.45) is 0 Å². The molecule has 0 heterocycles. The molecule has 1 aromatic carbocycles. The number of alkyl halides is 3. The van der Waals surface area contributed by atoms with Crippen LogP contribution in [0, 0.1) is 0 Å². The summed E-state index contributed by atoms with van der Waals surface area (Å²) in [5.41, 5.74) is 0.867. The first-order valence-electron chi connectivity index (χ1n) is 6.69. The van der Waals surface area contributed by atoms with Gasteiger partial charge in [0.2, 0.25) is 0 Å². The summed E-state index contributed by atoms with van der Waals surface area (Å²) in [6.45, 7) is 2.18. The van der Waals surface area contributed by atoms with Gasteiger partial charge < -0.3 is 14.8 Å². The number of hydrogen-bond donors (Lipinski definition) is 1. The molecule has 0 aliphatic heterocycles. The van der Waals surface area contributed by atoms with Crippen LogP contribution in [0.15, 0.2) is 18.2 Å². The molecule has 21 heavy (non-hydrogen) atoms. The van der Waals surface area contributed by atoms with Crippen molar-refractivity contribution in [2.75, 3.05) is 26.4 Å². The van der Waals surface area contributed by atoms with Crippen LogP contribution in [-0.2, 0) is 11.3 Å². The zero-order valence-electron chi connectivity index (χ0n) is 11.8. The molecule has 120 valence electrons. The van der Waals surface area contributed by atoms with Gasteiger partial charge >= 0.3 is 6.18 Å². The van der Waals surface area contributed by atoms with E-state index >= 15 is 0 Å². The van der Waals surface area contributed by atoms with Gasteiger partial charge in [-0.2, -0.15) is 13.2 Å². The van der Waals surface area contributed by atoms with E-state index in [1.165, 1.54) is 0 Å². The van der Waals surface area contributed by atoms with Crippen LogP contribution in [0.2, 0.25) is 5.02 Å². The van der Waals surface area contributed by atoms with Crippen molar-refractivity contribution in [3.05, 3.63) is 28.8 Å². The fourth-order valence-corrected chi connectivity index (χ4v) is 1.82. The molecule has 0 aliphatic carbocycles. The molecule has 0 fully saturated rings. The molecule has 0 aromatic heterocycles. The minimum atomic E-state index is -4.31. The predicted molar refractivity (Wildman–Crippen MR) is 75.8 cm³/mol. The first-order chi connectivity index (χ1) is 9.92. The third-order valence-electron chi connectivity index (χ3n) is 2.52. The summed E-state index contributed by atoms with van der Waals surface area (Å²) >= 11 is 5.93. The molecular formula is C14H19ClF3NO2. The zero-order chi connectivity index (χ0) is 15.7. The van der Waals surface area contributed by atoms with E-state index in [1.807, 2.05) is 0 Å². The minimum absolute atomic E-state index is 0.0541. The van der Waals surface area contributed by atoms with Crippen LogP contribution < -0.4 is 10.1 Å². The average molecular weight is 326 g/mol. The van der Waals surface area contributed by atoms with E-state index in [2.05, 4.69) is 17.0 Å². The van der Waals surface area contributed by atoms with Crippen molar-refractivity contribution in [1.29, 1.82) is 0 Å². The highest BCUT2D eigenvalue weighted by atomic mass is 35.5. The molecule has 0 atom stereocenters. The van der Waals surface area contributed by atoms with E-state index in [0.717, 1.165) is 18.5 Å². The van der Waals surface area contributed by atoms with Crippen LogP contribution in [0.3, 0.4) is 0 Å². The second kappa shape index (κ2) is 9.12. The van der Waals surface area contributed by atoms with Gasteiger partial charge in [-0.1, -0.05) is 18.5 Å². The quantitative estimate of drug-likeness (QED) is 0.701. The molecule has 1 rings (SSSR count). The van der Waals surface area contributed by atoms with Crippen LogP contribution in [0.5, 0.6) is 5.75 Å². The lowest BCUT2D eigenvalue weighted by molar-refractivity contribution is -0.175. The third-order valence-corrected chi connectivity index (χ3v) is 2.75. The molecule has 0 spiro atoms. The van der Waals surface area contributed by atoms with Gasteiger partial charge in [0.05, 0.1) is 6.61 Å². The Bertz CT molecular complexity index is 427. The van der Waals surface area contributed by atoms with Gasteiger partial charge in [-0.3, -0.25) is 0 Å². The van der Waals surface area contributed by atoms with Gasteiger partial charge in [0.1, 0.15) is 19.0 Å². The molecule has 7 heteroatoms. The van der Waals surface area contributed by atoms with Crippen molar-refractivity contribution in [3.63, 3.8) is 0 Å². The number of rotatable bonds is 9. The molecule has 0 amide bonds. The first-order valence-corrected chi connectivity index (χ1v) is 7.06. The first kappa shape index (κ1) is 18.1. The largest absolute Gasteiger partial charge is 0.491 e. The lowest BCUT2D eigenvalue weighted by atomic mass is 10.2. The summed E-state index contributed by atoms with van der Waals surface area (Å²) in [4.78, 5) is 0. The number of nitrogens with one attached hydrogen (secondary N) is 1. The summed E-state index contributed by atoms with van der Waals surface area (Å²) in [5.74, 6) is 0.596. The smallest absolute Gasteiger partial charge is 0.411 e. The fraction of sp³-hybridized carbons (Fsp3) is 0.571. The Morgan fingerprint density at radius 2 is 2.00 bits per heavy atom. The molecule has 0 aliphatic rings. The van der Waals surface area contributed by atoms with Gasteiger partial charge in [0.15, 0.2) is 0 Å². The van der Waals surface area contributed by atoms with E-state index < -0.39 is 12.8 Å². The van der Waals surface area contributed by atoms with Gasteiger partial charge in [-0.15, -0.1) is 0 Å². The number of ether oxygens (including phenoxy) is 2. The SMILES string of the molecule is CCCNCc1cc(Cl)ccc1OCCOCC(F)(F)F. The Morgan fingerprint density at radius 1 is 1.24 bits per heavy atom. The van der Waals surface area contributed by atoms with Gasteiger partial charge in [0.25, 0.3) is 0 Å². The van der Waals surface area contributed by atoms with Crippen molar-refractivity contribution in [2.45, 2.75) is 26.1 Å². The second-order valence-corrected chi connectivity index (χ2v) is 4.88. The molecule has 3 nitrogen and oxygen atoms in total. The molecule has 1 N–H and O–H groups in total. The minimum Gasteiger partial charge on any atom is -0.491 e. The Hall–Kier alpha value is -0.980. The molecule has 0 saturated heterocycles. The highest BCUT2D eigenvalue weighted by Gasteiger charge is 2.27. The molecule has 0 unspecified atom stereocenters. The lowest BCUT2D eigenvalue weighted by Crippen LogP contribution is -2.20. The Labute approximate surface area is 127 Å². The van der Waals surface area contributed by atoms with Crippen LogP contribution in [0.1, 0.15) is 18.9 Å². The van der Waals surface area contributed by atoms with Crippen LogP contribution >= 0.6 is 11.6 Å². The average Bonchev–Trinajstić information content (AvgIpc) is 2.39. The van der Waals surface area contributed by atoms with E-state index in [0.29, 0.717) is 17.3 Å². The molecule has 0 saturated carbocycles. The maximum absolute atomic E-state index is 11.9. The van der Waals surface area contributed by atoms with Crippen molar-refractivity contribution >= 4 is 11.6 Å². The summed E-state index contributed by atoms with van der Waals surface area (Å²) in [6, 6.07) is 5.15. The second-order valence-electron chi connectivity index (χ2n) is 4.45. The normalized spacial score (nSPS) is 11.7. The highest BCUT2D eigenvalue weighted by molar-refractivity contribution is 6.30. The Morgan fingerprint density at radius 3 is 2.67 bits per heavy atom. The summed E-state index contributed by atoms with van der Waals surface area (Å²) in [7, 11) is 0. The predicted octanol–water partition coefficient (Wildman–Crippen LogP) is 3.80. The van der Waals surface area contributed by atoms with Crippen LogP contribution in [0.25, 0.3) is 0 Å². The Balaban J connectivity index is 2.42. The van der Waals surface area contributed by atoms with E-state index in [1.54, 1.807) is 18.2 Å². The van der Waals surface area contributed by atoms with E-state index in [4.69, 9.17) is 16.3 Å². The summed E-state index contributed by atoms with van der Waals surface area (Å²) in [6.07, 6.45) is -3.31. The molecule has 0 radical (unpaired) electrons. The zero-order valence-corrected chi connectivity index (χ0v) is 12.6. The lowest BCUT2D eigenvalue weighted by Gasteiger charge is -2.13. The third kappa shape index (κ3) is 8.14. The maximum atomic E-state index is 11.9. The number of hydrogen-bond acceptors (Lipinski definition) is 3. The van der Waals surface area contributed by atoms with Gasteiger partial charge in [-0.25, -0.2) is 0 Å². The number of benzene rings is 1. The van der Waals surface area contributed by atoms with E-state index in [9.17, 15) is 13.2 Å². The van der Waals surface area contributed by atoms with Crippen molar-refractivity contribution < 1.29 is 22.6 Å². The number of halogens is 4. The van der Waals surface area contributed by atoms with E-state index in [-0.39, 0.29) is 13.2 Å². The molecule has 0 bridgehead atoms. The van der Waals surface area contributed by atoms with Crippen LogP contribution in [0.4, 0.5) is 13.2 Å². The fourth-order valence-electron chi connectivity index (χ4n) is 1.63. The van der Waals surface area contributed by atoms with Crippen LogP contribution in [-0.4, -0.2) is 32.5 Å². The maximum Gasteiger partial charge on any atom is 0.411 e. The van der Waals surface area contributed by atoms with Crippen molar-refractivity contribution in [3.8, 4) is 5.75 Å². The van der Waals surface area contributed by atoms with Gasteiger partial charge in [0, 0.05) is 17.1 Å². The monoisotopic (exact) mass is 325 g/mol.